The van der Waals surface area contributed by atoms with E-state index in [1.165, 1.54) is 4.90 Å². The van der Waals surface area contributed by atoms with Crippen molar-refractivity contribution in [3.63, 3.8) is 0 Å². The van der Waals surface area contributed by atoms with Gasteiger partial charge in [0.1, 0.15) is 5.75 Å². The van der Waals surface area contributed by atoms with Gasteiger partial charge in [-0.1, -0.05) is 18.2 Å². The number of nitrogens with zero attached hydrogens (tertiary/aromatic N) is 2. The largest absolute Gasteiger partial charge is 0.494 e. The molecule has 0 radical (unpaired) electrons. The van der Waals surface area contributed by atoms with Crippen LogP contribution in [0.2, 0.25) is 0 Å². The summed E-state index contributed by atoms with van der Waals surface area (Å²) in [6.07, 6.45) is 1.83. The summed E-state index contributed by atoms with van der Waals surface area (Å²) in [4.78, 5) is 38.4. The van der Waals surface area contributed by atoms with Crippen LogP contribution in [0.1, 0.15) is 25.7 Å². The van der Waals surface area contributed by atoms with Crippen molar-refractivity contribution in [3.05, 3.63) is 30.3 Å². The van der Waals surface area contributed by atoms with Crippen molar-refractivity contribution in [1.82, 2.24) is 9.80 Å². The number of hydrogen-bond acceptors (Lipinski definition) is 4. The Morgan fingerprint density at radius 3 is 2.46 bits per heavy atom. The van der Waals surface area contributed by atoms with Crippen LogP contribution >= 0.6 is 0 Å². The zero-order valence-electron chi connectivity index (χ0n) is 15.1. The molecule has 0 spiro atoms. The maximum absolute atomic E-state index is 12.3. The van der Waals surface area contributed by atoms with Gasteiger partial charge in [-0.3, -0.25) is 14.4 Å². The molecular weight excluding hydrogens is 336 g/mol. The third-order valence-electron chi connectivity index (χ3n) is 4.54. The molecule has 0 aliphatic carbocycles. The van der Waals surface area contributed by atoms with E-state index in [2.05, 4.69) is 0 Å². The van der Waals surface area contributed by atoms with E-state index >= 15 is 0 Å². The number of carboxylic acids is 1. The van der Waals surface area contributed by atoms with Crippen molar-refractivity contribution in [2.24, 2.45) is 5.92 Å². The van der Waals surface area contributed by atoms with Crippen LogP contribution in [-0.2, 0) is 14.4 Å². The van der Waals surface area contributed by atoms with E-state index in [4.69, 9.17) is 9.84 Å². The number of benzene rings is 1. The number of carbonyl (C=O) groups is 3. The highest BCUT2D eigenvalue weighted by molar-refractivity contribution is 5.84. The second-order valence-electron chi connectivity index (χ2n) is 6.51. The van der Waals surface area contributed by atoms with E-state index in [1.807, 2.05) is 30.3 Å². The number of likely N-dealkylation sites (tertiary alicyclic amines) is 1. The van der Waals surface area contributed by atoms with Crippen LogP contribution in [0.5, 0.6) is 5.75 Å². The molecule has 142 valence electrons. The molecule has 1 N–H and O–H groups in total. The summed E-state index contributed by atoms with van der Waals surface area (Å²) in [7, 11) is 1.61. The van der Waals surface area contributed by atoms with E-state index in [-0.39, 0.29) is 24.3 Å². The second kappa shape index (κ2) is 9.79. The molecule has 0 aromatic heterocycles. The number of carbonyl (C=O) groups excluding carboxylic acids is 2. The summed E-state index contributed by atoms with van der Waals surface area (Å²) in [6, 6.07) is 9.41. The first-order chi connectivity index (χ1) is 12.5. The molecule has 0 bridgehead atoms. The molecule has 0 saturated carbocycles. The highest BCUT2D eigenvalue weighted by Gasteiger charge is 2.27. The van der Waals surface area contributed by atoms with Gasteiger partial charge in [0.15, 0.2) is 0 Å². The molecule has 1 heterocycles. The molecule has 7 nitrogen and oxygen atoms in total. The fourth-order valence-electron chi connectivity index (χ4n) is 2.89. The van der Waals surface area contributed by atoms with Crippen molar-refractivity contribution >= 4 is 17.8 Å². The highest BCUT2D eigenvalue weighted by atomic mass is 16.5. The maximum Gasteiger partial charge on any atom is 0.306 e. The van der Waals surface area contributed by atoms with Crippen molar-refractivity contribution in [1.29, 1.82) is 0 Å². The molecule has 1 aliphatic heterocycles. The monoisotopic (exact) mass is 362 g/mol. The minimum absolute atomic E-state index is 0.0239. The number of likely N-dealkylation sites (N-methyl/N-ethyl adjacent to an activating group) is 1. The minimum atomic E-state index is -0.804. The summed E-state index contributed by atoms with van der Waals surface area (Å²) in [6.45, 7) is 1.34. The Morgan fingerprint density at radius 1 is 1.19 bits per heavy atom. The number of piperidine rings is 1. The standard InChI is InChI=1S/C19H26N2O5/c1-20(14-18(23)21-11-9-15(10-12-21)19(24)25)17(22)8-5-13-26-16-6-3-2-4-7-16/h2-4,6-7,15H,5,8-14H2,1H3,(H,24,25). The van der Waals surface area contributed by atoms with Gasteiger partial charge >= 0.3 is 5.97 Å². The van der Waals surface area contributed by atoms with Crippen molar-refractivity contribution < 1.29 is 24.2 Å². The maximum atomic E-state index is 12.3. The number of amides is 2. The first kappa shape index (κ1) is 19.8. The van der Waals surface area contributed by atoms with E-state index in [0.717, 1.165) is 5.75 Å². The number of aliphatic carboxylic acids is 1. The summed E-state index contributed by atoms with van der Waals surface area (Å²) < 4.78 is 5.55. The van der Waals surface area contributed by atoms with Crippen LogP contribution in [0.4, 0.5) is 0 Å². The number of carboxylic acid groups (broad SMARTS) is 1. The Hall–Kier alpha value is -2.57. The highest BCUT2D eigenvalue weighted by Crippen LogP contribution is 2.17. The quantitative estimate of drug-likeness (QED) is 0.710. The molecule has 26 heavy (non-hydrogen) atoms. The Bertz CT molecular complexity index is 612. The van der Waals surface area contributed by atoms with Gasteiger partial charge in [-0.2, -0.15) is 0 Å². The number of rotatable bonds is 8. The normalized spacial score (nSPS) is 14.7. The van der Waals surface area contributed by atoms with Gasteiger partial charge in [-0.05, 0) is 31.4 Å². The van der Waals surface area contributed by atoms with E-state index in [0.29, 0.717) is 45.4 Å². The molecule has 1 aromatic rings. The second-order valence-corrected chi connectivity index (χ2v) is 6.51. The van der Waals surface area contributed by atoms with Gasteiger partial charge in [-0.15, -0.1) is 0 Å². The molecule has 0 atom stereocenters. The predicted octanol–water partition coefficient (Wildman–Crippen LogP) is 1.63. The summed E-state index contributed by atoms with van der Waals surface area (Å²) in [5.41, 5.74) is 0. The first-order valence-electron chi connectivity index (χ1n) is 8.89. The topological polar surface area (TPSA) is 87.2 Å². The average molecular weight is 362 g/mol. The van der Waals surface area contributed by atoms with Crippen LogP contribution in [0, 0.1) is 5.92 Å². The Balaban J connectivity index is 1.65. The fraction of sp³-hybridized carbons (Fsp3) is 0.526. The van der Waals surface area contributed by atoms with Gasteiger partial charge in [-0.25, -0.2) is 0 Å². The minimum Gasteiger partial charge on any atom is -0.494 e. The average Bonchev–Trinajstić information content (AvgIpc) is 2.65. The predicted molar refractivity (Wildman–Crippen MR) is 95.7 cm³/mol. The zero-order chi connectivity index (χ0) is 18.9. The zero-order valence-corrected chi connectivity index (χ0v) is 15.1. The Labute approximate surface area is 153 Å². The molecule has 1 aromatic carbocycles. The van der Waals surface area contributed by atoms with Crippen LogP contribution in [0.3, 0.4) is 0 Å². The Morgan fingerprint density at radius 2 is 1.85 bits per heavy atom. The summed E-state index contributed by atoms with van der Waals surface area (Å²) in [5, 5.41) is 8.99. The van der Waals surface area contributed by atoms with Crippen molar-refractivity contribution in [3.8, 4) is 5.75 Å². The molecular formula is C19H26N2O5. The third-order valence-corrected chi connectivity index (χ3v) is 4.54. The molecule has 0 unspecified atom stereocenters. The lowest BCUT2D eigenvalue weighted by Gasteiger charge is -2.31. The molecule has 1 aliphatic rings. The lowest BCUT2D eigenvalue weighted by molar-refractivity contribution is -0.146. The van der Waals surface area contributed by atoms with Gasteiger partial charge < -0.3 is 19.6 Å². The van der Waals surface area contributed by atoms with Gasteiger partial charge in [0.05, 0.1) is 19.1 Å². The van der Waals surface area contributed by atoms with Gasteiger partial charge in [0, 0.05) is 26.6 Å². The van der Waals surface area contributed by atoms with Gasteiger partial charge in [0.25, 0.3) is 0 Å². The fourth-order valence-corrected chi connectivity index (χ4v) is 2.89. The third kappa shape index (κ3) is 6.06. The van der Waals surface area contributed by atoms with Crippen molar-refractivity contribution in [2.45, 2.75) is 25.7 Å². The number of hydrogen-bond donors (Lipinski definition) is 1. The van der Waals surface area contributed by atoms with Crippen LogP contribution in [0.25, 0.3) is 0 Å². The lowest BCUT2D eigenvalue weighted by atomic mass is 9.97. The molecule has 7 heteroatoms. The number of ether oxygens (including phenoxy) is 1. The lowest BCUT2D eigenvalue weighted by Crippen LogP contribution is -2.45. The molecule has 1 saturated heterocycles. The van der Waals surface area contributed by atoms with Crippen molar-refractivity contribution in [2.75, 3.05) is 33.3 Å². The van der Waals surface area contributed by atoms with Gasteiger partial charge in [0.2, 0.25) is 11.8 Å². The molecule has 2 amide bonds. The van der Waals surface area contributed by atoms with E-state index < -0.39 is 5.97 Å². The number of para-hydroxylation sites is 1. The first-order valence-corrected chi connectivity index (χ1v) is 8.89. The SMILES string of the molecule is CN(CC(=O)N1CCC(C(=O)O)CC1)C(=O)CCCOc1ccccc1. The van der Waals surface area contributed by atoms with Crippen LogP contribution in [0.15, 0.2) is 30.3 Å². The van der Waals surface area contributed by atoms with Crippen LogP contribution in [-0.4, -0.2) is 66.0 Å². The van der Waals surface area contributed by atoms with E-state index in [1.54, 1.807) is 11.9 Å². The smallest absolute Gasteiger partial charge is 0.306 e. The van der Waals surface area contributed by atoms with Crippen LogP contribution < -0.4 is 4.74 Å². The summed E-state index contributed by atoms with van der Waals surface area (Å²) in [5.74, 6) is -0.640. The van der Waals surface area contributed by atoms with E-state index in [9.17, 15) is 14.4 Å². The molecule has 2 rings (SSSR count). The summed E-state index contributed by atoms with van der Waals surface area (Å²) >= 11 is 0. The Kier molecular flexibility index (Phi) is 7.44. The molecule has 1 fully saturated rings.